The molecule has 0 atom stereocenters. The molecule has 0 bridgehead atoms. The van der Waals surface area contributed by atoms with Gasteiger partial charge in [-0.25, -0.2) is 9.67 Å². The number of benzene rings is 1. The molecule has 27 heavy (non-hydrogen) atoms. The second kappa shape index (κ2) is 8.23. The van der Waals surface area contributed by atoms with Crippen LogP contribution in [0.15, 0.2) is 30.9 Å². The number of hydrogen-bond donors (Lipinski definition) is 2. The Hall–Kier alpha value is -2.85. The minimum absolute atomic E-state index is 0.123. The molecule has 1 aliphatic heterocycles. The van der Waals surface area contributed by atoms with Gasteiger partial charge in [-0.3, -0.25) is 14.9 Å². The van der Waals surface area contributed by atoms with Crippen molar-refractivity contribution in [2.45, 2.75) is 12.8 Å². The number of nitrogens with zero attached hydrogens (tertiary/aromatic N) is 4. The van der Waals surface area contributed by atoms with E-state index in [9.17, 15) is 14.9 Å². The lowest BCUT2D eigenvalue weighted by Crippen LogP contribution is -2.47. The van der Waals surface area contributed by atoms with E-state index >= 15 is 0 Å². The van der Waals surface area contributed by atoms with Crippen molar-refractivity contribution < 1.29 is 14.5 Å². The van der Waals surface area contributed by atoms with Gasteiger partial charge in [0.1, 0.15) is 18.3 Å². The topological polar surface area (TPSA) is 124 Å². The summed E-state index contributed by atoms with van der Waals surface area (Å²) in [6.07, 6.45) is 4.45. The van der Waals surface area contributed by atoms with Gasteiger partial charge in [-0.2, -0.15) is 5.10 Å². The van der Waals surface area contributed by atoms with Crippen LogP contribution in [0.2, 0.25) is 0 Å². The maximum Gasteiger partial charge on any atom is 0.295 e. The summed E-state index contributed by atoms with van der Waals surface area (Å²) in [6, 6.07) is 4.31. The minimum Gasteiger partial charge on any atom is -0.384 e. The van der Waals surface area contributed by atoms with Crippen LogP contribution in [-0.4, -0.2) is 58.9 Å². The number of nitro groups is 1. The molecular formula is C17H22N6O4. The second-order valence-electron chi connectivity index (χ2n) is 6.67. The third kappa shape index (κ3) is 4.29. The van der Waals surface area contributed by atoms with E-state index in [0.29, 0.717) is 13.2 Å². The molecular weight excluding hydrogens is 352 g/mol. The molecule has 2 aromatic rings. The SMILES string of the molecule is COCC1(CNC(=O)c2ccc(-n3cncn3)c([N+](=O)[O-])c2)CCNCC1. The van der Waals surface area contributed by atoms with E-state index in [1.807, 2.05) is 0 Å². The van der Waals surface area contributed by atoms with E-state index in [1.165, 1.54) is 29.5 Å². The molecule has 1 saturated heterocycles. The lowest BCUT2D eigenvalue weighted by molar-refractivity contribution is -0.384. The molecule has 0 unspecified atom stereocenters. The van der Waals surface area contributed by atoms with Crippen LogP contribution in [0, 0.1) is 15.5 Å². The minimum atomic E-state index is -0.535. The predicted octanol–water partition coefficient (Wildman–Crippen LogP) is 0.921. The van der Waals surface area contributed by atoms with Crippen LogP contribution >= 0.6 is 0 Å². The van der Waals surface area contributed by atoms with Crippen molar-refractivity contribution in [2.75, 3.05) is 33.4 Å². The number of rotatable bonds is 7. The highest BCUT2D eigenvalue weighted by molar-refractivity contribution is 5.95. The molecule has 1 fully saturated rings. The fourth-order valence-electron chi connectivity index (χ4n) is 3.34. The van der Waals surface area contributed by atoms with Crippen molar-refractivity contribution in [2.24, 2.45) is 5.41 Å². The van der Waals surface area contributed by atoms with Gasteiger partial charge in [0.15, 0.2) is 0 Å². The Morgan fingerprint density at radius 2 is 2.22 bits per heavy atom. The summed E-state index contributed by atoms with van der Waals surface area (Å²) in [4.78, 5) is 27.3. The number of nitro benzene ring substituents is 1. The number of methoxy groups -OCH3 is 1. The molecule has 1 aliphatic rings. The average molecular weight is 374 g/mol. The standard InChI is InChI=1S/C17H22N6O4/c1-27-10-17(4-6-18-7-5-17)9-20-16(24)13-2-3-14(15(8-13)23(25)26)22-12-19-11-21-22/h2-3,8,11-12,18H,4-7,9-10H2,1H3,(H,20,24). The first kappa shape index (κ1) is 18.9. The van der Waals surface area contributed by atoms with Crippen LogP contribution in [0.25, 0.3) is 5.69 Å². The van der Waals surface area contributed by atoms with Gasteiger partial charge in [0.2, 0.25) is 0 Å². The van der Waals surface area contributed by atoms with Crippen LogP contribution in [0.3, 0.4) is 0 Å². The first-order chi connectivity index (χ1) is 13.0. The van der Waals surface area contributed by atoms with Crippen molar-refractivity contribution in [3.63, 3.8) is 0 Å². The summed E-state index contributed by atoms with van der Waals surface area (Å²) >= 11 is 0. The highest BCUT2D eigenvalue weighted by Crippen LogP contribution is 2.29. The van der Waals surface area contributed by atoms with Crippen LogP contribution in [0.1, 0.15) is 23.2 Å². The van der Waals surface area contributed by atoms with Gasteiger partial charge in [-0.15, -0.1) is 0 Å². The quantitative estimate of drug-likeness (QED) is 0.545. The van der Waals surface area contributed by atoms with E-state index in [2.05, 4.69) is 20.7 Å². The maximum absolute atomic E-state index is 12.6. The largest absolute Gasteiger partial charge is 0.384 e. The Morgan fingerprint density at radius 3 is 2.85 bits per heavy atom. The lowest BCUT2D eigenvalue weighted by atomic mass is 9.79. The third-order valence-corrected chi connectivity index (χ3v) is 4.84. The highest BCUT2D eigenvalue weighted by Gasteiger charge is 2.32. The molecule has 1 aromatic heterocycles. The van der Waals surface area contributed by atoms with Crippen LogP contribution in [0.4, 0.5) is 5.69 Å². The smallest absolute Gasteiger partial charge is 0.295 e. The first-order valence-electron chi connectivity index (χ1n) is 8.66. The van der Waals surface area contributed by atoms with Crippen molar-refractivity contribution >= 4 is 11.6 Å². The molecule has 10 nitrogen and oxygen atoms in total. The summed E-state index contributed by atoms with van der Waals surface area (Å²) < 4.78 is 6.64. The average Bonchev–Trinajstić information content (AvgIpc) is 3.21. The zero-order valence-corrected chi connectivity index (χ0v) is 15.1. The summed E-state index contributed by atoms with van der Waals surface area (Å²) in [7, 11) is 1.65. The van der Waals surface area contributed by atoms with E-state index in [0.717, 1.165) is 25.9 Å². The third-order valence-electron chi connectivity index (χ3n) is 4.84. The molecule has 0 aliphatic carbocycles. The second-order valence-corrected chi connectivity index (χ2v) is 6.67. The fourth-order valence-corrected chi connectivity index (χ4v) is 3.34. The van der Waals surface area contributed by atoms with Gasteiger partial charge in [0.25, 0.3) is 11.6 Å². The molecule has 1 aromatic carbocycles. The molecule has 0 spiro atoms. The fraction of sp³-hybridized carbons (Fsp3) is 0.471. The summed E-state index contributed by atoms with van der Waals surface area (Å²) in [5.74, 6) is -0.350. The van der Waals surface area contributed by atoms with Crippen LogP contribution < -0.4 is 10.6 Å². The number of carbonyl (C=O) groups excluding carboxylic acids is 1. The van der Waals surface area contributed by atoms with E-state index in [1.54, 1.807) is 13.2 Å². The molecule has 0 saturated carbocycles. The molecule has 2 heterocycles. The van der Waals surface area contributed by atoms with E-state index in [-0.39, 0.29) is 28.3 Å². The zero-order valence-electron chi connectivity index (χ0n) is 15.1. The monoisotopic (exact) mass is 374 g/mol. The number of aromatic nitrogens is 3. The Labute approximate surface area is 156 Å². The van der Waals surface area contributed by atoms with Gasteiger partial charge >= 0.3 is 0 Å². The highest BCUT2D eigenvalue weighted by atomic mass is 16.6. The molecule has 10 heteroatoms. The van der Waals surface area contributed by atoms with Crippen molar-refractivity contribution in [1.82, 2.24) is 25.4 Å². The van der Waals surface area contributed by atoms with Crippen LogP contribution in [-0.2, 0) is 4.74 Å². The van der Waals surface area contributed by atoms with E-state index < -0.39 is 4.92 Å². The Morgan fingerprint density at radius 1 is 1.44 bits per heavy atom. The summed E-state index contributed by atoms with van der Waals surface area (Å²) in [6.45, 7) is 2.76. The zero-order chi connectivity index (χ0) is 19.3. The number of hydrogen-bond acceptors (Lipinski definition) is 7. The molecule has 3 rings (SSSR count). The van der Waals surface area contributed by atoms with Gasteiger partial charge in [-0.05, 0) is 38.1 Å². The Bertz CT molecular complexity index is 796. The molecule has 1 amide bonds. The Balaban J connectivity index is 1.76. The van der Waals surface area contributed by atoms with Gasteiger partial charge < -0.3 is 15.4 Å². The lowest BCUT2D eigenvalue weighted by Gasteiger charge is -2.37. The number of nitrogens with one attached hydrogen (secondary N) is 2. The normalized spacial score (nSPS) is 16.0. The summed E-state index contributed by atoms with van der Waals surface area (Å²) in [5.41, 5.74) is 0.152. The maximum atomic E-state index is 12.6. The Kier molecular flexibility index (Phi) is 5.77. The summed E-state index contributed by atoms with van der Waals surface area (Å²) in [5, 5.41) is 21.5. The van der Waals surface area contributed by atoms with Gasteiger partial charge in [-0.1, -0.05) is 0 Å². The number of amides is 1. The number of piperidine rings is 1. The van der Waals surface area contributed by atoms with Crippen LogP contribution in [0.5, 0.6) is 0 Å². The van der Waals surface area contributed by atoms with Gasteiger partial charge in [0, 0.05) is 30.7 Å². The van der Waals surface area contributed by atoms with Gasteiger partial charge in [0.05, 0.1) is 11.5 Å². The van der Waals surface area contributed by atoms with E-state index in [4.69, 9.17) is 4.74 Å². The molecule has 0 radical (unpaired) electrons. The van der Waals surface area contributed by atoms with Crippen molar-refractivity contribution in [3.8, 4) is 5.69 Å². The van der Waals surface area contributed by atoms with Crippen molar-refractivity contribution in [3.05, 3.63) is 46.5 Å². The molecule has 2 N–H and O–H groups in total. The molecule has 144 valence electrons. The number of carbonyl (C=O) groups is 1. The predicted molar refractivity (Wildman–Crippen MR) is 96.8 cm³/mol. The number of ether oxygens (including phenoxy) is 1. The first-order valence-corrected chi connectivity index (χ1v) is 8.66. The van der Waals surface area contributed by atoms with Crippen molar-refractivity contribution in [1.29, 1.82) is 0 Å².